The van der Waals surface area contributed by atoms with Crippen molar-refractivity contribution in [3.63, 3.8) is 0 Å². The molecule has 0 spiro atoms. The summed E-state index contributed by atoms with van der Waals surface area (Å²) in [5.74, 6) is 1.32. The molecule has 0 aromatic carbocycles. The smallest absolute Gasteiger partial charge is 0.214 e. The van der Waals surface area contributed by atoms with Gasteiger partial charge in [-0.1, -0.05) is 18.5 Å². The molecule has 0 saturated heterocycles. The lowest BCUT2D eigenvalue weighted by Gasteiger charge is -2.08. The van der Waals surface area contributed by atoms with Gasteiger partial charge in [-0.05, 0) is 30.7 Å². The Morgan fingerprint density at radius 2 is 2.37 bits per heavy atom. The average molecular weight is 281 g/mol. The van der Waals surface area contributed by atoms with Gasteiger partial charge < -0.3 is 14.5 Å². The van der Waals surface area contributed by atoms with Gasteiger partial charge in [-0.15, -0.1) is 0 Å². The molecule has 0 atom stereocenters. The Kier molecular flexibility index (Phi) is 5.24. The topological polar surface area (TPSA) is 47.3 Å². The second kappa shape index (κ2) is 7.16. The van der Waals surface area contributed by atoms with Crippen molar-refractivity contribution < 1.29 is 9.15 Å². The van der Waals surface area contributed by atoms with Gasteiger partial charge in [0.2, 0.25) is 5.88 Å². The summed E-state index contributed by atoms with van der Waals surface area (Å²) in [4.78, 5) is 4.14. The van der Waals surface area contributed by atoms with Gasteiger partial charge in [0.15, 0.2) is 0 Å². The highest BCUT2D eigenvalue weighted by Gasteiger charge is 2.05. The molecule has 2 rings (SSSR count). The van der Waals surface area contributed by atoms with Crippen molar-refractivity contribution in [2.45, 2.75) is 26.5 Å². The Morgan fingerprint density at radius 1 is 1.47 bits per heavy atom. The first kappa shape index (κ1) is 13.9. The van der Waals surface area contributed by atoms with Crippen molar-refractivity contribution in [1.82, 2.24) is 10.3 Å². The number of nitrogens with one attached hydrogen (secondary N) is 1. The molecule has 102 valence electrons. The van der Waals surface area contributed by atoms with Crippen molar-refractivity contribution in [2.75, 3.05) is 6.54 Å². The van der Waals surface area contributed by atoms with Crippen LogP contribution in [-0.4, -0.2) is 11.5 Å². The number of rotatable bonds is 7. The highest BCUT2D eigenvalue weighted by atomic mass is 35.5. The van der Waals surface area contributed by atoms with Crippen LogP contribution < -0.4 is 10.1 Å². The Bertz CT molecular complexity index is 500. The van der Waals surface area contributed by atoms with Crippen LogP contribution in [0.15, 0.2) is 35.1 Å². The Morgan fingerprint density at radius 3 is 3.11 bits per heavy atom. The predicted octanol–water partition coefficient (Wildman–Crippen LogP) is 3.41. The van der Waals surface area contributed by atoms with E-state index in [4.69, 9.17) is 20.8 Å². The number of furan rings is 1. The number of halogens is 1. The van der Waals surface area contributed by atoms with Gasteiger partial charge >= 0.3 is 0 Å². The SMILES string of the molecule is CCCNCc1cc(OCc2ccco2)ncc1Cl. The van der Waals surface area contributed by atoms with E-state index in [1.807, 2.05) is 18.2 Å². The van der Waals surface area contributed by atoms with Crippen LogP contribution in [0.1, 0.15) is 24.7 Å². The molecule has 5 heteroatoms. The van der Waals surface area contributed by atoms with Crippen LogP contribution in [-0.2, 0) is 13.2 Å². The minimum Gasteiger partial charge on any atom is -0.469 e. The molecule has 19 heavy (non-hydrogen) atoms. The van der Waals surface area contributed by atoms with E-state index >= 15 is 0 Å². The van der Waals surface area contributed by atoms with Gasteiger partial charge in [-0.25, -0.2) is 4.98 Å². The van der Waals surface area contributed by atoms with Crippen molar-refractivity contribution >= 4 is 11.6 Å². The molecular weight excluding hydrogens is 264 g/mol. The fraction of sp³-hybridized carbons (Fsp3) is 0.357. The van der Waals surface area contributed by atoms with Gasteiger partial charge in [-0.3, -0.25) is 0 Å². The largest absolute Gasteiger partial charge is 0.469 e. The van der Waals surface area contributed by atoms with Gasteiger partial charge in [0.25, 0.3) is 0 Å². The summed E-state index contributed by atoms with van der Waals surface area (Å²) in [6.07, 6.45) is 4.32. The normalized spacial score (nSPS) is 10.6. The van der Waals surface area contributed by atoms with E-state index < -0.39 is 0 Å². The minimum absolute atomic E-state index is 0.365. The van der Waals surface area contributed by atoms with Gasteiger partial charge in [-0.2, -0.15) is 0 Å². The van der Waals surface area contributed by atoms with Crippen LogP contribution in [0.2, 0.25) is 5.02 Å². The first-order chi connectivity index (χ1) is 9.29. The van der Waals surface area contributed by atoms with E-state index in [1.54, 1.807) is 12.5 Å². The van der Waals surface area contributed by atoms with Crippen LogP contribution in [0.4, 0.5) is 0 Å². The molecule has 0 fully saturated rings. The first-order valence-electron chi connectivity index (χ1n) is 6.30. The summed E-state index contributed by atoms with van der Waals surface area (Å²) in [5, 5.41) is 3.95. The number of aromatic nitrogens is 1. The molecule has 0 aliphatic carbocycles. The van der Waals surface area contributed by atoms with Crippen LogP contribution in [0, 0.1) is 0 Å². The summed E-state index contributed by atoms with van der Waals surface area (Å²) in [5.41, 5.74) is 0.986. The average Bonchev–Trinajstić information content (AvgIpc) is 2.93. The van der Waals surface area contributed by atoms with Crippen molar-refractivity contribution in [1.29, 1.82) is 0 Å². The molecular formula is C14H17ClN2O2. The van der Waals surface area contributed by atoms with Crippen molar-refractivity contribution in [3.05, 3.63) is 47.0 Å². The summed E-state index contributed by atoms with van der Waals surface area (Å²) in [7, 11) is 0. The zero-order chi connectivity index (χ0) is 13.5. The zero-order valence-electron chi connectivity index (χ0n) is 10.9. The maximum absolute atomic E-state index is 6.10. The van der Waals surface area contributed by atoms with Crippen LogP contribution in [0.3, 0.4) is 0 Å². The standard InChI is InChI=1S/C14H17ClN2O2/c1-2-5-16-8-11-7-14(17-9-13(11)15)19-10-12-4-3-6-18-12/h3-4,6-7,9,16H,2,5,8,10H2,1H3. The zero-order valence-corrected chi connectivity index (χ0v) is 11.6. The molecule has 2 aromatic heterocycles. The second-order valence-corrected chi connectivity index (χ2v) is 4.57. The molecule has 0 bridgehead atoms. The third kappa shape index (κ3) is 4.26. The molecule has 1 N–H and O–H groups in total. The quantitative estimate of drug-likeness (QED) is 0.790. The Balaban J connectivity index is 1.95. The molecule has 4 nitrogen and oxygen atoms in total. The minimum atomic E-state index is 0.365. The maximum atomic E-state index is 6.10. The summed E-state index contributed by atoms with van der Waals surface area (Å²) >= 11 is 6.10. The van der Waals surface area contributed by atoms with Crippen molar-refractivity contribution in [2.24, 2.45) is 0 Å². The molecule has 0 radical (unpaired) electrons. The highest BCUT2D eigenvalue weighted by molar-refractivity contribution is 6.31. The number of ether oxygens (including phenoxy) is 1. The predicted molar refractivity (Wildman–Crippen MR) is 74.3 cm³/mol. The maximum Gasteiger partial charge on any atom is 0.214 e. The molecule has 0 aliphatic rings. The van der Waals surface area contributed by atoms with E-state index in [2.05, 4.69) is 17.2 Å². The van der Waals surface area contributed by atoms with E-state index in [-0.39, 0.29) is 0 Å². The van der Waals surface area contributed by atoms with Crippen LogP contribution >= 0.6 is 11.6 Å². The van der Waals surface area contributed by atoms with E-state index in [0.717, 1.165) is 24.3 Å². The summed E-state index contributed by atoms with van der Waals surface area (Å²) < 4.78 is 10.8. The molecule has 0 aliphatic heterocycles. The number of pyridine rings is 1. The highest BCUT2D eigenvalue weighted by Crippen LogP contribution is 2.20. The molecule has 0 saturated carbocycles. The fourth-order valence-corrected chi connectivity index (χ4v) is 1.78. The summed E-state index contributed by atoms with van der Waals surface area (Å²) in [6.45, 7) is 4.16. The number of hydrogen-bond acceptors (Lipinski definition) is 4. The van der Waals surface area contributed by atoms with E-state index in [0.29, 0.717) is 24.1 Å². The lowest BCUT2D eigenvalue weighted by atomic mass is 10.2. The molecule has 0 amide bonds. The third-order valence-electron chi connectivity index (χ3n) is 2.59. The van der Waals surface area contributed by atoms with Crippen LogP contribution in [0.25, 0.3) is 0 Å². The third-order valence-corrected chi connectivity index (χ3v) is 2.93. The Hall–Kier alpha value is -1.52. The second-order valence-electron chi connectivity index (χ2n) is 4.16. The number of hydrogen-bond donors (Lipinski definition) is 1. The number of nitrogens with zero attached hydrogens (tertiary/aromatic N) is 1. The van der Waals surface area contributed by atoms with Crippen LogP contribution in [0.5, 0.6) is 5.88 Å². The lowest BCUT2D eigenvalue weighted by molar-refractivity contribution is 0.260. The van der Waals surface area contributed by atoms with Gasteiger partial charge in [0.1, 0.15) is 12.4 Å². The molecule has 2 aromatic rings. The monoisotopic (exact) mass is 280 g/mol. The molecule has 2 heterocycles. The van der Waals surface area contributed by atoms with Crippen molar-refractivity contribution in [3.8, 4) is 5.88 Å². The summed E-state index contributed by atoms with van der Waals surface area (Å²) in [6, 6.07) is 5.54. The van der Waals surface area contributed by atoms with Gasteiger partial charge in [0, 0.05) is 18.8 Å². The van der Waals surface area contributed by atoms with E-state index in [9.17, 15) is 0 Å². The molecule has 0 unspecified atom stereocenters. The van der Waals surface area contributed by atoms with Gasteiger partial charge in [0.05, 0.1) is 11.3 Å². The first-order valence-corrected chi connectivity index (χ1v) is 6.67. The Labute approximate surface area is 117 Å². The lowest BCUT2D eigenvalue weighted by Crippen LogP contribution is -2.14. The van der Waals surface area contributed by atoms with E-state index in [1.165, 1.54) is 0 Å². The fourth-order valence-electron chi connectivity index (χ4n) is 1.61.